The molecule has 0 saturated carbocycles. The van der Waals surface area contributed by atoms with Crippen molar-refractivity contribution in [3.05, 3.63) is 48.0 Å². The van der Waals surface area contributed by atoms with E-state index in [1.165, 1.54) is 6.07 Å². The van der Waals surface area contributed by atoms with Gasteiger partial charge in [-0.1, -0.05) is 0 Å². The first kappa shape index (κ1) is 16.8. The average Bonchev–Trinajstić information content (AvgIpc) is 2.61. The number of fused-ring (bicyclic) bond motifs is 1. The van der Waals surface area contributed by atoms with E-state index >= 15 is 0 Å². The molecule has 0 radical (unpaired) electrons. The van der Waals surface area contributed by atoms with E-state index in [-0.39, 0.29) is 18.9 Å². The molecule has 2 N–H and O–H groups in total. The number of carbonyl (C=O) groups excluding carboxylic acids is 1. The number of hydrogen-bond acceptors (Lipinski definition) is 4. The molecule has 1 heterocycles. The van der Waals surface area contributed by atoms with Crippen LogP contribution < -0.4 is 24.8 Å². The summed E-state index contributed by atoms with van der Waals surface area (Å²) in [6.07, 6.45) is 0. The molecule has 2 aromatic carbocycles. The third-order valence-corrected chi connectivity index (χ3v) is 3.35. The van der Waals surface area contributed by atoms with Crippen molar-refractivity contribution in [2.24, 2.45) is 0 Å². The highest BCUT2D eigenvalue weighted by atomic mass is 19.2. The largest absolute Gasteiger partial charge is 0.492 e. The van der Waals surface area contributed by atoms with Crippen molar-refractivity contribution in [1.29, 1.82) is 0 Å². The van der Waals surface area contributed by atoms with Crippen molar-refractivity contribution in [1.82, 2.24) is 5.32 Å². The number of urea groups is 1. The smallest absolute Gasteiger partial charge is 0.319 e. The lowest BCUT2D eigenvalue weighted by atomic mass is 10.2. The van der Waals surface area contributed by atoms with Gasteiger partial charge in [0.2, 0.25) is 0 Å². The summed E-state index contributed by atoms with van der Waals surface area (Å²) in [4.78, 5) is 11.8. The molecular formula is C17H16F2N2O4. The summed E-state index contributed by atoms with van der Waals surface area (Å²) in [5.74, 6) is -0.526. The summed E-state index contributed by atoms with van der Waals surface area (Å²) in [6.45, 7) is 1.26. The number of benzene rings is 2. The molecule has 0 fully saturated rings. The first-order chi connectivity index (χ1) is 12.1. The number of anilines is 1. The maximum Gasteiger partial charge on any atom is 0.319 e. The number of nitrogens with one attached hydrogen (secondary N) is 2. The lowest BCUT2D eigenvalue weighted by Crippen LogP contribution is -2.32. The van der Waals surface area contributed by atoms with Gasteiger partial charge in [0.05, 0.1) is 6.54 Å². The minimum atomic E-state index is -0.984. The van der Waals surface area contributed by atoms with Crippen LogP contribution >= 0.6 is 0 Å². The van der Waals surface area contributed by atoms with Crippen LogP contribution in [0.1, 0.15) is 0 Å². The summed E-state index contributed by atoms with van der Waals surface area (Å²) in [5, 5.41) is 5.25. The van der Waals surface area contributed by atoms with E-state index in [0.29, 0.717) is 30.4 Å². The van der Waals surface area contributed by atoms with Gasteiger partial charge in [0.25, 0.3) is 0 Å². The number of amides is 2. The standard InChI is InChI=1S/C17H16F2N2O4/c18-13-3-2-12(10-14(13)19)23-6-5-20-17(22)21-11-1-4-15-16(9-11)25-8-7-24-15/h1-4,9-10H,5-8H2,(H2,20,21,22). The average molecular weight is 350 g/mol. The summed E-state index contributed by atoms with van der Waals surface area (Å²) >= 11 is 0. The van der Waals surface area contributed by atoms with Gasteiger partial charge in [-0.3, -0.25) is 0 Å². The molecule has 0 unspecified atom stereocenters. The molecule has 2 amide bonds. The fraction of sp³-hybridized carbons (Fsp3) is 0.235. The fourth-order valence-corrected chi connectivity index (χ4v) is 2.20. The zero-order valence-corrected chi connectivity index (χ0v) is 13.2. The monoisotopic (exact) mass is 350 g/mol. The number of rotatable bonds is 5. The SMILES string of the molecule is O=C(NCCOc1ccc(F)c(F)c1)Nc1ccc2c(c1)OCCO2. The molecule has 6 nitrogen and oxygen atoms in total. The van der Waals surface area contributed by atoms with Gasteiger partial charge in [0.15, 0.2) is 23.1 Å². The van der Waals surface area contributed by atoms with Crippen LogP contribution in [0.25, 0.3) is 0 Å². The molecular weight excluding hydrogens is 334 g/mol. The van der Waals surface area contributed by atoms with Gasteiger partial charge in [0.1, 0.15) is 25.6 Å². The number of hydrogen-bond donors (Lipinski definition) is 2. The molecule has 2 aromatic rings. The third-order valence-electron chi connectivity index (χ3n) is 3.35. The highest BCUT2D eigenvalue weighted by Crippen LogP contribution is 2.32. The van der Waals surface area contributed by atoms with Crippen LogP contribution in [-0.2, 0) is 0 Å². The molecule has 8 heteroatoms. The Balaban J connectivity index is 1.43. The summed E-state index contributed by atoms with van der Waals surface area (Å²) in [5.41, 5.74) is 0.559. The minimum absolute atomic E-state index is 0.111. The first-order valence-electron chi connectivity index (χ1n) is 7.64. The minimum Gasteiger partial charge on any atom is -0.492 e. The van der Waals surface area contributed by atoms with Gasteiger partial charge in [-0.15, -0.1) is 0 Å². The molecule has 1 aliphatic rings. The Morgan fingerprint density at radius 3 is 2.64 bits per heavy atom. The van der Waals surface area contributed by atoms with Crippen molar-refractivity contribution in [2.75, 3.05) is 31.7 Å². The van der Waals surface area contributed by atoms with E-state index in [0.717, 1.165) is 12.1 Å². The quantitative estimate of drug-likeness (QED) is 0.814. The van der Waals surface area contributed by atoms with Crippen LogP contribution in [0.15, 0.2) is 36.4 Å². The molecule has 0 spiro atoms. The van der Waals surface area contributed by atoms with Crippen molar-refractivity contribution in [3.63, 3.8) is 0 Å². The van der Waals surface area contributed by atoms with E-state index in [4.69, 9.17) is 14.2 Å². The van der Waals surface area contributed by atoms with Crippen LogP contribution in [0.4, 0.5) is 19.3 Å². The molecule has 25 heavy (non-hydrogen) atoms. The number of carbonyl (C=O) groups is 1. The maximum atomic E-state index is 13.0. The second kappa shape index (κ2) is 7.69. The van der Waals surface area contributed by atoms with Crippen LogP contribution in [-0.4, -0.2) is 32.4 Å². The van der Waals surface area contributed by atoms with Crippen molar-refractivity contribution >= 4 is 11.7 Å². The molecule has 0 aliphatic carbocycles. The Morgan fingerprint density at radius 1 is 1.04 bits per heavy atom. The maximum absolute atomic E-state index is 13.0. The highest BCUT2D eigenvalue weighted by Gasteiger charge is 2.12. The van der Waals surface area contributed by atoms with E-state index < -0.39 is 17.7 Å². The topological polar surface area (TPSA) is 68.8 Å². The summed E-state index contributed by atoms with van der Waals surface area (Å²) in [7, 11) is 0. The molecule has 0 saturated heterocycles. The second-order valence-electron chi connectivity index (χ2n) is 5.16. The second-order valence-corrected chi connectivity index (χ2v) is 5.16. The molecule has 0 bridgehead atoms. The van der Waals surface area contributed by atoms with Gasteiger partial charge >= 0.3 is 6.03 Å². The summed E-state index contributed by atoms with van der Waals surface area (Å²) in [6, 6.07) is 7.91. The van der Waals surface area contributed by atoms with Crippen molar-refractivity contribution < 1.29 is 27.8 Å². The van der Waals surface area contributed by atoms with Crippen LogP contribution in [0.5, 0.6) is 17.2 Å². The Hall–Kier alpha value is -3.03. The summed E-state index contributed by atoms with van der Waals surface area (Å²) < 4.78 is 41.9. The zero-order valence-electron chi connectivity index (χ0n) is 13.2. The fourth-order valence-electron chi connectivity index (χ4n) is 2.20. The molecule has 0 aromatic heterocycles. The highest BCUT2D eigenvalue weighted by molar-refractivity contribution is 5.89. The van der Waals surface area contributed by atoms with Gasteiger partial charge < -0.3 is 24.8 Å². The van der Waals surface area contributed by atoms with Crippen LogP contribution in [0, 0.1) is 11.6 Å². The van der Waals surface area contributed by atoms with Crippen LogP contribution in [0.2, 0.25) is 0 Å². The van der Waals surface area contributed by atoms with Gasteiger partial charge in [-0.25, -0.2) is 13.6 Å². The van der Waals surface area contributed by atoms with E-state index in [9.17, 15) is 13.6 Å². The Labute approximate surface area is 142 Å². The van der Waals surface area contributed by atoms with Gasteiger partial charge in [-0.2, -0.15) is 0 Å². The van der Waals surface area contributed by atoms with Crippen molar-refractivity contribution in [3.8, 4) is 17.2 Å². The number of ether oxygens (including phenoxy) is 3. The lowest BCUT2D eigenvalue weighted by molar-refractivity contribution is 0.171. The van der Waals surface area contributed by atoms with Crippen molar-refractivity contribution in [2.45, 2.75) is 0 Å². The molecule has 3 rings (SSSR count). The molecule has 1 aliphatic heterocycles. The Morgan fingerprint density at radius 2 is 1.84 bits per heavy atom. The van der Waals surface area contributed by atoms with E-state index in [1.807, 2.05) is 0 Å². The molecule has 132 valence electrons. The molecule has 0 atom stereocenters. The first-order valence-corrected chi connectivity index (χ1v) is 7.64. The normalized spacial score (nSPS) is 12.4. The predicted molar refractivity (Wildman–Crippen MR) is 86.3 cm³/mol. The van der Waals surface area contributed by atoms with Crippen LogP contribution in [0.3, 0.4) is 0 Å². The van der Waals surface area contributed by atoms with Gasteiger partial charge in [0, 0.05) is 17.8 Å². The van der Waals surface area contributed by atoms with Gasteiger partial charge in [-0.05, 0) is 24.3 Å². The number of halogens is 2. The Kier molecular flexibility index (Phi) is 5.17. The lowest BCUT2D eigenvalue weighted by Gasteiger charge is -2.19. The predicted octanol–water partition coefficient (Wildman–Crippen LogP) is 2.94. The zero-order chi connectivity index (χ0) is 17.6. The third kappa shape index (κ3) is 4.50. The Bertz CT molecular complexity index is 770. The van der Waals surface area contributed by atoms with E-state index in [1.54, 1.807) is 18.2 Å². The van der Waals surface area contributed by atoms with E-state index in [2.05, 4.69) is 10.6 Å².